The summed E-state index contributed by atoms with van der Waals surface area (Å²) in [6.07, 6.45) is 2.66. The quantitative estimate of drug-likeness (QED) is 0.388. The van der Waals surface area contributed by atoms with E-state index in [2.05, 4.69) is 38.3 Å². The minimum Gasteiger partial charge on any atom is -0.475 e. The van der Waals surface area contributed by atoms with Crippen LogP contribution in [0.2, 0.25) is 0 Å². The number of piperidine rings is 1. The molecule has 36 heavy (non-hydrogen) atoms. The second kappa shape index (κ2) is 14.3. The highest BCUT2D eigenvalue weighted by Crippen LogP contribution is 2.14. The van der Waals surface area contributed by atoms with Crippen molar-refractivity contribution in [3.63, 3.8) is 0 Å². The number of anilines is 1. The lowest BCUT2D eigenvalue weighted by Gasteiger charge is -2.25. The van der Waals surface area contributed by atoms with E-state index in [0.717, 1.165) is 37.2 Å². The number of aryl methyl sites for hydroxylation is 2. The highest BCUT2D eigenvalue weighted by atomic mass is 32.1. The lowest BCUT2D eigenvalue weighted by atomic mass is 10.0. The Morgan fingerprint density at radius 3 is 2.47 bits per heavy atom. The number of hydrogen-bond acceptors (Lipinski definition) is 7. The molecule has 1 aliphatic heterocycles. The molecule has 2 atom stereocenters. The zero-order chi connectivity index (χ0) is 26.6. The molecule has 2 amide bonds. The van der Waals surface area contributed by atoms with Crippen LogP contribution in [0.5, 0.6) is 0 Å². The van der Waals surface area contributed by atoms with Crippen molar-refractivity contribution >= 4 is 34.3 Å². The lowest BCUT2D eigenvalue weighted by molar-refractivity contribution is -0.192. The molecule has 1 saturated heterocycles. The van der Waals surface area contributed by atoms with E-state index >= 15 is 0 Å². The summed E-state index contributed by atoms with van der Waals surface area (Å²) in [5, 5.41) is 25.2. The number of carbonyl (C=O) groups is 3. The smallest absolute Gasteiger partial charge is 0.475 e. The van der Waals surface area contributed by atoms with Gasteiger partial charge in [-0.1, -0.05) is 54.2 Å². The Morgan fingerprint density at radius 1 is 1.22 bits per heavy atom. The first kappa shape index (κ1) is 28.9. The number of carboxylic acid groups (broad SMARTS) is 1. The van der Waals surface area contributed by atoms with Gasteiger partial charge in [0, 0.05) is 12.1 Å². The molecule has 0 bridgehead atoms. The fourth-order valence-electron chi connectivity index (χ4n) is 3.24. The molecule has 0 radical (unpaired) electrons. The molecule has 1 aromatic carbocycles. The zero-order valence-electron chi connectivity index (χ0n) is 19.5. The predicted octanol–water partition coefficient (Wildman–Crippen LogP) is 3.23. The van der Waals surface area contributed by atoms with Crippen molar-refractivity contribution in [1.29, 1.82) is 0 Å². The minimum absolute atomic E-state index is 0.00688. The van der Waals surface area contributed by atoms with Gasteiger partial charge in [-0.25, -0.2) is 4.79 Å². The first-order valence-electron chi connectivity index (χ1n) is 11.2. The van der Waals surface area contributed by atoms with Gasteiger partial charge in [-0.2, -0.15) is 13.2 Å². The van der Waals surface area contributed by atoms with Crippen LogP contribution in [-0.4, -0.2) is 57.9 Å². The summed E-state index contributed by atoms with van der Waals surface area (Å²) < 4.78 is 31.7. The number of aromatic nitrogens is 2. The highest BCUT2D eigenvalue weighted by Gasteiger charge is 2.38. The number of benzene rings is 1. The van der Waals surface area contributed by atoms with Crippen LogP contribution >= 0.6 is 11.3 Å². The van der Waals surface area contributed by atoms with Crippen LogP contribution < -0.4 is 16.0 Å². The van der Waals surface area contributed by atoms with Gasteiger partial charge in [-0.15, -0.1) is 10.2 Å². The summed E-state index contributed by atoms with van der Waals surface area (Å²) in [5.74, 6) is -3.05. The maximum atomic E-state index is 12.6. The molecule has 0 aliphatic carbocycles. The molecule has 9 nitrogen and oxygen atoms in total. The number of carboxylic acids is 1. The summed E-state index contributed by atoms with van der Waals surface area (Å²) >= 11 is 1.32. The SMILES string of the molecule is Cc1nnc(NC(=O)C=C[C@H](CCc2ccccc2)NC(=O)[C@@H]2CCCCN2)s1.O=C(O)C(F)(F)F. The summed E-state index contributed by atoms with van der Waals surface area (Å²) in [6.45, 7) is 2.70. The Kier molecular flexibility index (Phi) is 11.5. The fourth-order valence-corrected chi connectivity index (χ4v) is 3.83. The number of amides is 2. The minimum atomic E-state index is -5.08. The molecule has 1 fully saturated rings. The maximum absolute atomic E-state index is 12.6. The van der Waals surface area contributed by atoms with E-state index in [1.807, 2.05) is 25.1 Å². The van der Waals surface area contributed by atoms with E-state index in [4.69, 9.17) is 9.90 Å². The van der Waals surface area contributed by atoms with Crippen molar-refractivity contribution in [2.45, 2.75) is 57.3 Å². The number of nitrogens with one attached hydrogen (secondary N) is 3. The first-order valence-corrected chi connectivity index (χ1v) is 12.0. The van der Waals surface area contributed by atoms with E-state index in [1.165, 1.54) is 23.0 Å². The fraction of sp³-hybridized carbons (Fsp3) is 0.435. The largest absolute Gasteiger partial charge is 0.490 e. The van der Waals surface area contributed by atoms with E-state index in [-0.39, 0.29) is 23.9 Å². The molecule has 1 aromatic heterocycles. The molecule has 0 spiro atoms. The third-order valence-corrected chi connectivity index (χ3v) is 5.77. The molecular weight excluding hydrogens is 499 g/mol. The molecule has 3 rings (SSSR count). The van der Waals surface area contributed by atoms with Crippen molar-refractivity contribution in [3.05, 3.63) is 53.1 Å². The van der Waals surface area contributed by atoms with Crippen molar-refractivity contribution in [3.8, 4) is 0 Å². The molecule has 1 aliphatic rings. The third kappa shape index (κ3) is 11.0. The van der Waals surface area contributed by atoms with Gasteiger partial charge >= 0.3 is 12.1 Å². The third-order valence-electron chi connectivity index (χ3n) is 5.02. The van der Waals surface area contributed by atoms with Gasteiger partial charge in [-0.3, -0.25) is 14.9 Å². The first-order chi connectivity index (χ1) is 17.0. The molecule has 196 valence electrons. The van der Waals surface area contributed by atoms with Crippen molar-refractivity contribution < 1.29 is 32.7 Å². The summed E-state index contributed by atoms with van der Waals surface area (Å²) in [7, 11) is 0. The van der Waals surface area contributed by atoms with Gasteiger partial charge < -0.3 is 15.7 Å². The van der Waals surface area contributed by atoms with Crippen LogP contribution in [0.3, 0.4) is 0 Å². The van der Waals surface area contributed by atoms with Gasteiger partial charge in [0.25, 0.3) is 0 Å². The van der Waals surface area contributed by atoms with Gasteiger partial charge in [-0.05, 0) is 44.7 Å². The van der Waals surface area contributed by atoms with Crippen LogP contribution in [0.1, 0.15) is 36.3 Å². The molecular formula is C23H28F3N5O4S. The highest BCUT2D eigenvalue weighted by molar-refractivity contribution is 7.15. The Morgan fingerprint density at radius 2 is 1.92 bits per heavy atom. The van der Waals surface area contributed by atoms with Gasteiger partial charge in [0.2, 0.25) is 16.9 Å². The molecule has 2 heterocycles. The summed E-state index contributed by atoms with van der Waals surface area (Å²) in [4.78, 5) is 33.7. The molecule has 13 heteroatoms. The predicted molar refractivity (Wildman–Crippen MR) is 128 cm³/mol. The zero-order valence-corrected chi connectivity index (χ0v) is 20.4. The number of nitrogens with zero attached hydrogens (tertiary/aromatic N) is 2. The molecule has 0 saturated carbocycles. The van der Waals surface area contributed by atoms with Crippen molar-refractivity contribution in [1.82, 2.24) is 20.8 Å². The monoisotopic (exact) mass is 527 g/mol. The number of aliphatic carboxylic acids is 1. The van der Waals surface area contributed by atoms with E-state index < -0.39 is 12.1 Å². The van der Waals surface area contributed by atoms with E-state index in [9.17, 15) is 22.8 Å². The molecule has 4 N–H and O–H groups in total. The van der Waals surface area contributed by atoms with Crippen LogP contribution in [0.4, 0.5) is 18.3 Å². The van der Waals surface area contributed by atoms with E-state index in [1.54, 1.807) is 6.08 Å². The number of rotatable bonds is 8. The summed E-state index contributed by atoms with van der Waals surface area (Å²) in [6, 6.07) is 9.73. The van der Waals surface area contributed by atoms with Gasteiger partial charge in [0.15, 0.2) is 0 Å². The van der Waals surface area contributed by atoms with Gasteiger partial charge in [0.1, 0.15) is 5.01 Å². The van der Waals surface area contributed by atoms with Crippen LogP contribution in [0.15, 0.2) is 42.5 Å². The number of alkyl halides is 3. The number of carbonyl (C=O) groups excluding carboxylic acids is 2. The average Bonchev–Trinajstić information content (AvgIpc) is 3.26. The van der Waals surface area contributed by atoms with Crippen LogP contribution in [0, 0.1) is 6.92 Å². The Hall–Kier alpha value is -3.32. The Labute approximate surface area is 210 Å². The normalized spacial score (nSPS) is 16.5. The Bertz CT molecular complexity index is 1020. The van der Waals surface area contributed by atoms with Crippen molar-refractivity contribution in [2.75, 3.05) is 11.9 Å². The standard InChI is InChI=1S/C21H27N5O2S.C2HF3O2/c1-15-25-26-21(29-15)24-19(27)13-12-17(11-10-16-7-3-2-4-8-16)23-20(28)18-9-5-6-14-22-18;3-2(4,5)1(6)7/h2-4,7-8,12-13,17-18,22H,5-6,9-11,14H2,1H3,(H,23,28)(H,24,26,27);(H,6,7)/t17-,18-;/m0./s1. The molecule has 2 aromatic rings. The van der Waals surface area contributed by atoms with Crippen molar-refractivity contribution in [2.24, 2.45) is 0 Å². The number of hydrogen-bond donors (Lipinski definition) is 4. The lowest BCUT2D eigenvalue weighted by Crippen LogP contribution is -2.49. The topological polar surface area (TPSA) is 133 Å². The second-order valence-electron chi connectivity index (χ2n) is 7.92. The molecule has 0 unspecified atom stereocenters. The number of halogens is 3. The average molecular weight is 528 g/mol. The Balaban J connectivity index is 0.000000572. The second-order valence-corrected chi connectivity index (χ2v) is 9.10. The summed E-state index contributed by atoms with van der Waals surface area (Å²) in [5.41, 5.74) is 1.20. The van der Waals surface area contributed by atoms with E-state index in [0.29, 0.717) is 11.6 Å². The van der Waals surface area contributed by atoms with Crippen LogP contribution in [-0.2, 0) is 20.8 Å². The van der Waals surface area contributed by atoms with Crippen LogP contribution in [0.25, 0.3) is 0 Å². The van der Waals surface area contributed by atoms with Gasteiger partial charge in [0.05, 0.1) is 6.04 Å². The maximum Gasteiger partial charge on any atom is 0.490 e.